The number of nitrogens with one attached hydrogen (secondary N) is 1. The second kappa shape index (κ2) is 8.57. The van der Waals surface area contributed by atoms with Gasteiger partial charge >= 0.3 is 0 Å². The van der Waals surface area contributed by atoms with Crippen LogP contribution in [0.3, 0.4) is 0 Å². The number of H-pyrrole nitrogens is 1. The highest BCUT2D eigenvalue weighted by molar-refractivity contribution is 7.18. The zero-order valence-corrected chi connectivity index (χ0v) is 20.1. The minimum Gasteiger partial charge on any atom is -0.378 e. The van der Waals surface area contributed by atoms with Crippen molar-refractivity contribution in [1.82, 2.24) is 29.7 Å². The van der Waals surface area contributed by atoms with Gasteiger partial charge in [-0.3, -0.25) is 14.8 Å². The summed E-state index contributed by atoms with van der Waals surface area (Å²) in [5.74, 6) is 1.77. The fourth-order valence-electron chi connectivity index (χ4n) is 5.28. The molecule has 9 heteroatoms. The number of rotatable bonds is 5. The Morgan fingerprint density at radius 2 is 1.85 bits per heavy atom. The topological polar surface area (TPSA) is 73.4 Å². The normalized spacial score (nSPS) is 20.5. The summed E-state index contributed by atoms with van der Waals surface area (Å²) in [4.78, 5) is 27.9. The lowest BCUT2D eigenvalue weighted by atomic mass is 10.1. The van der Waals surface area contributed by atoms with Crippen LogP contribution in [-0.4, -0.2) is 88.3 Å². The molecule has 3 aliphatic rings. The standard InChI is InChI=1S/C25H29N7OS/c1-2-17(1)31-7-5-30(6-8-31)16-18-13-20-24(32-9-11-33-12-10-32)28-23(29-25(20)34-18)21-14-26-15-22-19(21)3-4-27-22/h3-4,13-15,17,27H,1-2,5-12,16H2. The number of thiophene rings is 1. The highest BCUT2D eigenvalue weighted by atomic mass is 32.1. The monoisotopic (exact) mass is 475 g/mol. The maximum atomic E-state index is 5.62. The first-order chi connectivity index (χ1) is 16.8. The summed E-state index contributed by atoms with van der Waals surface area (Å²) in [6, 6.07) is 5.28. The lowest BCUT2D eigenvalue weighted by Gasteiger charge is -2.34. The Kier molecular flexibility index (Phi) is 5.23. The molecule has 2 saturated heterocycles. The molecule has 4 aromatic rings. The summed E-state index contributed by atoms with van der Waals surface area (Å²) in [6.07, 6.45) is 8.48. The van der Waals surface area contributed by atoms with Crippen LogP contribution >= 0.6 is 11.3 Å². The highest BCUT2D eigenvalue weighted by Gasteiger charge is 2.31. The van der Waals surface area contributed by atoms with E-state index in [1.165, 1.54) is 30.8 Å². The smallest absolute Gasteiger partial charge is 0.165 e. The Hall–Kier alpha value is -2.59. The molecule has 8 nitrogen and oxygen atoms in total. The van der Waals surface area contributed by atoms with Crippen molar-refractivity contribution in [1.29, 1.82) is 0 Å². The summed E-state index contributed by atoms with van der Waals surface area (Å²) in [7, 11) is 0. The quantitative estimate of drug-likeness (QED) is 0.475. The zero-order valence-electron chi connectivity index (χ0n) is 19.2. The summed E-state index contributed by atoms with van der Waals surface area (Å²) in [5.41, 5.74) is 1.98. The minimum atomic E-state index is 0.734. The number of hydrogen-bond acceptors (Lipinski definition) is 8. The lowest BCUT2D eigenvalue weighted by molar-refractivity contribution is 0.122. The van der Waals surface area contributed by atoms with Gasteiger partial charge in [0.15, 0.2) is 5.82 Å². The van der Waals surface area contributed by atoms with E-state index in [-0.39, 0.29) is 0 Å². The third-order valence-electron chi connectivity index (χ3n) is 7.30. The summed E-state index contributed by atoms with van der Waals surface area (Å²) >= 11 is 1.81. The van der Waals surface area contributed by atoms with Gasteiger partial charge in [0, 0.05) is 80.1 Å². The Bertz CT molecular complexity index is 1320. The van der Waals surface area contributed by atoms with Gasteiger partial charge in [0.2, 0.25) is 0 Å². The van der Waals surface area contributed by atoms with E-state index in [1.54, 1.807) is 0 Å². The Labute approximate surface area is 202 Å². The molecule has 4 aromatic heterocycles. The third kappa shape index (κ3) is 3.86. The van der Waals surface area contributed by atoms with Crippen molar-refractivity contribution in [3.05, 3.63) is 35.6 Å². The molecular formula is C25H29N7OS. The maximum Gasteiger partial charge on any atom is 0.165 e. The van der Waals surface area contributed by atoms with Crippen LogP contribution in [0.4, 0.5) is 5.82 Å². The first-order valence-electron chi connectivity index (χ1n) is 12.3. The van der Waals surface area contributed by atoms with E-state index in [0.717, 1.165) is 90.3 Å². The van der Waals surface area contributed by atoms with E-state index in [4.69, 9.17) is 14.7 Å². The van der Waals surface area contributed by atoms with Crippen LogP contribution in [0.5, 0.6) is 0 Å². The van der Waals surface area contributed by atoms with Crippen LogP contribution in [-0.2, 0) is 11.3 Å². The molecule has 1 saturated carbocycles. The molecule has 176 valence electrons. The molecule has 6 heterocycles. The van der Waals surface area contributed by atoms with E-state index >= 15 is 0 Å². The number of anilines is 1. The predicted molar refractivity (Wildman–Crippen MR) is 135 cm³/mol. The number of fused-ring (bicyclic) bond motifs is 2. The van der Waals surface area contributed by atoms with Gasteiger partial charge in [-0.2, -0.15) is 0 Å². The molecule has 7 rings (SSSR count). The van der Waals surface area contributed by atoms with Crippen molar-refractivity contribution >= 4 is 38.3 Å². The van der Waals surface area contributed by atoms with Gasteiger partial charge in [-0.05, 0) is 25.0 Å². The molecule has 0 unspecified atom stereocenters. The minimum absolute atomic E-state index is 0.734. The summed E-state index contributed by atoms with van der Waals surface area (Å²) in [5, 5.41) is 2.27. The molecule has 3 fully saturated rings. The SMILES string of the molecule is c1cc2c(-c3nc(N4CCOCC4)c4cc(CN5CCN(C6CC6)CC5)sc4n3)cncc2[nH]1. The van der Waals surface area contributed by atoms with Gasteiger partial charge in [-0.25, -0.2) is 9.97 Å². The van der Waals surface area contributed by atoms with E-state index in [0.29, 0.717) is 0 Å². The average molecular weight is 476 g/mol. The van der Waals surface area contributed by atoms with Gasteiger partial charge in [-0.15, -0.1) is 11.3 Å². The van der Waals surface area contributed by atoms with Crippen molar-refractivity contribution in [3.63, 3.8) is 0 Å². The fourth-order valence-corrected chi connectivity index (χ4v) is 6.34. The first-order valence-corrected chi connectivity index (χ1v) is 13.1. The first kappa shape index (κ1) is 20.8. The number of aromatic amines is 1. The highest BCUT2D eigenvalue weighted by Crippen LogP contribution is 2.36. The van der Waals surface area contributed by atoms with Gasteiger partial charge in [-0.1, -0.05) is 0 Å². The van der Waals surface area contributed by atoms with Crippen LogP contribution < -0.4 is 4.90 Å². The van der Waals surface area contributed by atoms with Crippen molar-refractivity contribution in [2.45, 2.75) is 25.4 Å². The number of ether oxygens (including phenoxy) is 1. The van der Waals surface area contributed by atoms with E-state index in [9.17, 15) is 0 Å². The van der Waals surface area contributed by atoms with Gasteiger partial charge < -0.3 is 14.6 Å². The summed E-state index contributed by atoms with van der Waals surface area (Å²) in [6.45, 7) is 8.87. The molecule has 1 N–H and O–H groups in total. The molecule has 1 aliphatic carbocycles. The largest absolute Gasteiger partial charge is 0.378 e. The molecular weight excluding hydrogens is 446 g/mol. The second-order valence-corrected chi connectivity index (χ2v) is 10.7. The number of piperazine rings is 1. The zero-order chi connectivity index (χ0) is 22.5. The van der Waals surface area contributed by atoms with Gasteiger partial charge in [0.25, 0.3) is 0 Å². The number of hydrogen-bond donors (Lipinski definition) is 1. The van der Waals surface area contributed by atoms with Crippen LogP contribution in [0.15, 0.2) is 30.7 Å². The average Bonchev–Trinajstić information content (AvgIpc) is 3.47. The Balaban J connectivity index is 1.24. The Morgan fingerprint density at radius 1 is 1.00 bits per heavy atom. The molecule has 34 heavy (non-hydrogen) atoms. The molecule has 0 radical (unpaired) electrons. The van der Waals surface area contributed by atoms with Gasteiger partial charge in [0.05, 0.1) is 30.3 Å². The molecule has 0 spiro atoms. The van der Waals surface area contributed by atoms with Crippen molar-refractivity contribution in [2.75, 3.05) is 57.4 Å². The second-order valence-electron chi connectivity index (χ2n) is 9.57. The molecule has 0 aromatic carbocycles. The van der Waals surface area contributed by atoms with Crippen LogP contribution in [0, 0.1) is 0 Å². The van der Waals surface area contributed by atoms with E-state index < -0.39 is 0 Å². The van der Waals surface area contributed by atoms with Crippen LogP contribution in [0.1, 0.15) is 17.7 Å². The van der Waals surface area contributed by atoms with Crippen molar-refractivity contribution in [3.8, 4) is 11.4 Å². The van der Waals surface area contributed by atoms with Crippen LogP contribution in [0.2, 0.25) is 0 Å². The Morgan fingerprint density at radius 3 is 2.68 bits per heavy atom. The van der Waals surface area contributed by atoms with E-state index in [2.05, 4.69) is 36.8 Å². The van der Waals surface area contributed by atoms with Crippen molar-refractivity contribution < 1.29 is 4.74 Å². The summed E-state index contributed by atoms with van der Waals surface area (Å²) < 4.78 is 5.62. The predicted octanol–water partition coefficient (Wildman–Crippen LogP) is 3.35. The number of morpholine rings is 1. The van der Waals surface area contributed by atoms with Crippen molar-refractivity contribution in [2.24, 2.45) is 0 Å². The van der Waals surface area contributed by atoms with Gasteiger partial charge in [0.1, 0.15) is 10.6 Å². The molecule has 0 atom stereocenters. The molecule has 0 bridgehead atoms. The van der Waals surface area contributed by atoms with Crippen LogP contribution in [0.25, 0.3) is 32.5 Å². The maximum absolute atomic E-state index is 5.62. The van der Waals surface area contributed by atoms with E-state index in [1.807, 2.05) is 29.9 Å². The number of aromatic nitrogens is 4. The molecule has 0 amide bonds. The number of pyridine rings is 1. The molecule has 2 aliphatic heterocycles. The lowest BCUT2D eigenvalue weighted by Crippen LogP contribution is -2.46. The number of nitrogens with zero attached hydrogens (tertiary/aromatic N) is 6. The fraction of sp³-hybridized carbons (Fsp3) is 0.480. The third-order valence-corrected chi connectivity index (χ3v) is 8.31.